The molecule has 0 radical (unpaired) electrons. The molecule has 8 rings (SSSR count). The summed E-state index contributed by atoms with van der Waals surface area (Å²) in [6.07, 6.45) is 7.00. The first-order valence-corrected chi connectivity index (χ1v) is 19.3. The van der Waals surface area contributed by atoms with Crippen molar-refractivity contribution in [2.24, 2.45) is 0 Å². The van der Waals surface area contributed by atoms with Gasteiger partial charge in [0, 0.05) is 47.2 Å². The van der Waals surface area contributed by atoms with Gasteiger partial charge in [-0.15, -0.1) is 22.8 Å². The molecular weight excluding hydrogens is 738 g/mol. The summed E-state index contributed by atoms with van der Waals surface area (Å²) >= 11 is 0. The van der Waals surface area contributed by atoms with Crippen molar-refractivity contribution < 1.29 is 17.1 Å². The smallest absolute Gasteiger partial charge is 0.660 e. The molecule has 1 N–H and O–H groups in total. The summed E-state index contributed by atoms with van der Waals surface area (Å²) in [5, 5.41) is 0. The minimum absolute atomic E-state index is 0. The van der Waals surface area contributed by atoms with Crippen LogP contribution in [0.1, 0.15) is 74.1 Å². The zero-order valence-electron chi connectivity index (χ0n) is 34.8. The summed E-state index contributed by atoms with van der Waals surface area (Å²) < 4.78 is 0. The van der Waals surface area contributed by atoms with Crippen molar-refractivity contribution in [1.82, 2.24) is 24.9 Å². The van der Waals surface area contributed by atoms with E-state index in [0.29, 0.717) is 0 Å². The normalized spacial score (nSPS) is 10.8. The monoisotopic (exact) mass is 791 g/mol. The summed E-state index contributed by atoms with van der Waals surface area (Å²) in [7, 11) is 0. The van der Waals surface area contributed by atoms with E-state index in [4.69, 9.17) is 9.97 Å². The van der Waals surface area contributed by atoms with Crippen LogP contribution >= 0.6 is 0 Å². The van der Waals surface area contributed by atoms with E-state index in [2.05, 4.69) is 157 Å². The molecule has 8 aromatic rings. The van der Waals surface area contributed by atoms with Crippen LogP contribution in [-0.2, 0) is 22.5 Å². The fraction of sp³-hybridized carbons (Fsp3) is 0.216. The van der Waals surface area contributed by atoms with Gasteiger partial charge in [0.1, 0.15) is 0 Å². The minimum Gasteiger partial charge on any atom is -0.660 e. The molecule has 5 heterocycles. The molecule has 0 saturated heterocycles. The average molecular weight is 792 g/mol. The number of benzene rings is 3. The number of rotatable bonds is 6. The van der Waals surface area contributed by atoms with E-state index < -0.39 is 5.41 Å². The van der Waals surface area contributed by atoms with Crippen molar-refractivity contribution >= 4 is 0 Å². The van der Waals surface area contributed by atoms with Crippen LogP contribution in [0.3, 0.4) is 0 Å². The van der Waals surface area contributed by atoms with Crippen molar-refractivity contribution in [3.05, 3.63) is 201 Å². The van der Waals surface area contributed by atoms with Gasteiger partial charge in [-0.05, 0) is 150 Å². The van der Waals surface area contributed by atoms with Crippen LogP contribution in [-0.4, -0.2) is 15.0 Å². The Morgan fingerprint density at radius 1 is 0.439 bits per heavy atom. The average Bonchev–Trinajstić information content (AvgIpc) is 3.96. The van der Waals surface area contributed by atoms with Gasteiger partial charge in [0.25, 0.3) is 0 Å². The molecule has 0 saturated carbocycles. The Balaban J connectivity index is 0.000000407. The van der Waals surface area contributed by atoms with Gasteiger partial charge in [-0.3, -0.25) is 9.97 Å². The van der Waals surface area contributed by atoms with Gasteiger partial charge in [0.05, 0.1) is 0 Å². The van der Waals surface area contributed by atoms with E-state index in [-0.39, 0.29) is 17.1 Å². The third-order valence-electron chi connectivity index (χ3n) is 10.5. The second-order valence-corrected chi connectivity index (χ2v) is 15.2. The van der Waals surface area contributed by atoms with Gasteiger partial charge in [-0.25, -0.2) is 0 Å². The molecule has 0 bridgehead atoms. The molecule has 0 fully saturated rings. The van der Waals surface area contributed by atoms with Crippen molar-refractivity contribution in [3.8, 4) is 33.8 Å². The molecule has 5 nitrogen and oxygen atoms in total. The number of aryl methyl sites for hydroxylation is 9. The second kappa shape index (κ2) is 18.5. The minimum atomic E-state index is -0.597. The summed E-state index contributed by atoms with van der Waals surface area (Å²) in [5.41, 5.74) is 20.7. The fourth-order valence-electron chi connectivity index (χ4n) is 8.20. The van der Waals surface area contributed by atoms with E-state index in [1.165, 1.54) is 66.8 Å². The topological polar surface area (TPSA) is 69.8 Å². The maximum Gasteiger partial charge on any atom is 2.00 e. The Morgan fingerprint density at radius 3 is 1.11 bits per heavy atom. The summed E-state index contributed by atoms with van der Waals surface area (Å²) in [6, 6.07) is 38.1. The fourth-order valence-corrected chi connectivity index (χ4v) is 8.20. The number of H-pyrrole nitrogens is 1. The SMILES string of the molecule is Cc1cc(C)c(-c2ccc(C(C)(c3ccc(-c4c(C)cc(C)cc4C)[n-]3)c3ccc(-c4c(C)cc(C)cc4C)[nH]3)[n-]2)c(C)c1.[Fe+2].c1ccncc1.c1ccncc1. The molecule has 0 aliphatic carbocycles. The molecule has 0 amide bonds. The number of hydrogen-bond donors (Lipinski definition) is 1. The number of hydrogen-bond acceptors (Lipinski definition) is 2. The number of aromatic nitrogens is 5. The van der Waals surface area contributed by atoms with Gasteiger partial charge in [0.2, 0.25) is 0 Å². The second-order valence-electron chi connectivity index (χ2n) is 15.2. The van der Waals surface area contributed by atoms with Crippen LogP contribution < -0.4 is 9.97 Å². The first-order chi connectivity index (χ1) is 26.9. The quantitative estimate of drug-likeness (QED) is 0.170. The largest absolute Gasteiger partial charge is 2.00 e. The third kappa shape index (κ3) is 9.48. The van der Waals surface area contributed by atoms with Crippen LogP contribution in [0.15, 0.2) is 134 Å². The zero-order valence-corrected chi connectivity index (χ0v) is 35.9. The maximum absolute atomic E-state index is 5.35. The van der Waals surface area contributed by atoms with Crippen molar-refractivity contribution in [2.75, 3.05) is 0 Å². The van der Waals surface area contributed by atoms with Gasteiger partial charge in [-0.2, -0.15) is 0 Å². The molecule has 0 aliphatic heterocycles. The summed E-state index contributed by atoms with van der Waals surface area (Å²) in [4.78, 5) is 22.1. The van der Waals surface area contributed by atoms with Gasteiger partial charge in [-0.1, -0.05) is 89.5 Å². The molecule has 6 heteroatoms. The standard InChI is InChI=1S/C41H43N3.2C5H5N.Fe/c1-23-17-26(4)38(27(5)18-23)32-11-14-35(42-32)41(10,36-15-12-33(43-36)39-28(6)19-24(2)20-29(39)7)37-16-13-34(44-37)40-30(8)21-25(3)22-31(40)9;2*1-2-4-6-5-3-1;/h11-22,42H,1-10H3;2*1-5H;/q-2;;;+2. The molecular formula is C51H53FeN5. The van der Waals surface area contributed by atoms with Crippen molar-refractivity contribution in [2.45, 2.75) is 74.7 Å². The Morgan fingerprint density at radius 2 is 0.789 bits per heavy atom. The van der Waals surface area contributed by atoms with E-state index in [1.54, 1.807) is 24.8 Å². The number of pyridine rings is 2. The van der Waals surface area contributed by atoms with Crippen molar-refractivity contribution in [3.63, 3.8) is 0 Å². The van der Waals surface area contributed by atoms with Gasteiger partial charge >= 0.3 is 17.1 Å². The summed E-state index contributed by atoms with van der Waals surface area (Å²) in [5.74, 6) is 0. The van der Waals surface area contributed by atoms with E-state index in [0.717, 1.165) is 34.2 Å². The van der Waals surface area contributed by atoms with Gasteiger partial charge < -0.3 is 15.0 Å². The van der Waals surface area contributed by atoms with Gasteiger partial charge in [0.15, 0.2) is 0 Å². The predicted octanol–water partition coefficient (Wildman–Crippen LogP) is 12.2. The van der Waals surface area contributed by atoms with Crippen molar-refractivity contribution in [1.29, 1.82) is 0 Å². The van der Waals surface area contributed by atoms with E-state index >= 15 is 0 Å². The molecule has 0 unspecified atom stereocenters. The van der Waals surface area contributed by atoms with Crippen LogP contribution in [0.5, 0.6) is 0 Å². The number of nitrogens with one attached hydrogen (secondary N) is 1. The first kappa shape index (κ1) is 42.5. The Hall–Kier alpha value is -5.68. The molecule has 5 aromatic heterocycles. The van der Waals surface area contributed by atoms with Crippen LogP contribution in [0.25, 0.3) is 33.8 Å². The molecule has 0 spiro atoms. The van der Waals surface area contributed by atoms with Crippen LogP contribution in [0.2, 0.25) is 0 Å². The molecule has 57 heavy (non-hydrogen) atoms. The van der Waals surface area contributed by atoms with E-state index in [9.17, 15) is 0 Å². The Labute approximate surface area is 350 Å². The maximum atomic E-state index is 5.35. The summed E-state index contributed by atoms with van der Waals surface area (Å²) in [6.45, 7) is 21.9. The third-order valence-corrected chi connectivity index (χ3v) is 10.5. The Kier molecular flexibility index (Phi) is 13.8. The number of nitrogens with zero attached hydrogens (tertiary/aromatic N) is 4. The first-order valence-electron chi connectivity index (χ1n) is 19.3. The molecule has 0 aliphatic rings. The zero-order chi connectivity index (χ0) is 40.0. The van der Waals surface area contributed by atoms with Crippen LogP contribution in [0, 0.1) is 62.3 Å². The molecule has 3 aromatic carbocycles. The number of aromatic amines is 1. The predicted molar refractivity (Wildman–Crippen MR) is 233 cm³/mol. The van der Waals surface area contributed by atoms with Crippen LogP contribution in [0.4, 0.5) is 0 Å². The molecule has 290 valence electrons. The Bertz CT molecular complexity index is 2150. The molecule has 0 atom stereocenters. The van der Waals surface area contributed by atoms with E-state index in [1.807, 2.05) is 36.4 Å².